The standard InChI is InChI=1S/C23H29N/c1-16-14-18-19(22(4,5)10-9-21(18,2)3)15-17(16)23(11-12-23)20-8-6-7-13-24-20/h6-8,13-15H,9-12H2,1-5H3. The molecule has 2 aromatic rings. The van der Waals surface area contributed by atoms with E-state index in [1.165, 1.54) is 42.5 Å². The molecule has 0 radical (unpaired) electrons. The smallest absolute Gasteiger partial charge is 0.0509 e. The topological polar surface area (TPSA) is 12.9 Å². The predicted molar refractivity (Wildman–Crippen MR) is 101 cm³/mol. The van der Waals surface area contributed by atoms with Gasteiger partial charge >= 0.3 is 0 Å². The first-order valence-electron chi connectivity index (χ1n) is 9.34. The summed E-state index contributed by atoms with van der Waals surface area (Å²) in [5, 5.41) is 0. The summed E-state index contributed by atoms with van der Waals surface area (Å²) in [5.41, 5.74) is 8.08. The van der Waals surface area contributed by atoms with E-state index in [4.69, 9.17) is 4.98 Å². The molecular weight excluding hydrogens is 290 g/mol. The van der Waals surface area contributed by atoms with Crippen LogP contribution in [-0.2, 0) is 16.2 Å². The molecule has 0 atom stereocenters. The third-order valence-electron chi connectivity index (χ3n) is 6.62. The summed E-state index contributed by atoms with van der Waals surface area (Å²) >= 11 is 0. The number of pyridine rings is 1. The normalized spacial score (nSPS) is 22.7. The van der Waals surface area contributed by atoms with Crippen LogP contribution in [0, 0.1) is 6.92 Å². The molecule has 126 valence electrons. The van der Waals surface area contributed by atoms with Crippen molar-refractivity contribution in [3.63, 3.8) is 0 Å². The van der Waals surface area contributed by atoms with E-state index in [1.807, 2.05) is 12.3 Å². The molecule has 1 aromatic carbocycles. The lowest BCUT2D eigenvalue weighted by molar-refractivity contribution is 0.331. The Labute approximate surface area is 146 Å². The van der Waals surface area contributed by atoms with E-state index >= 15 is 0 Å². The van der Waals surface area contributed by atoms with E-state index in [0.29, 0.717) is 0 Å². The first-order valence-corrected chi connectivity index (χ1v) is 9.34. The van der Waals surface area contributed by atoms with Crippen molar-refractivity contribution < 1.29 is 0 Å². The Morgan fingerprint density at radius 2 is 1.42 bits per heavy atom. The second-order valence-electron chi connectivity index (χ2n) is 9.28. The number of benzene rings is 1. The van der Waals surface area contributed by atoms with Gasteiger partial charge in [-0.2, -0.15) is 0 Å². The molecule has 0 saturated heterocycles. The second kappa shape index (κ2) is 4.94. The second-order valence-corrected chi connectivity index (χ2v) is 9.28. The molecule has 1 fully saturated rings. The number of hydrogen-bond acceptors (Lipinski definition) is 1. The van der Waals surface area contributed by atoms with Crippen molar-refractivity contribution >= 4 is 0 Å². The lowest BCUT2D eigenvalue weighted by atomic mass is 9.62. The third kappa shape index (κ3) is 2.24. The van der Waals surface area contributed by atoms with Crippen LogP contribution in [0.5, 0.6) is 0 Å². The molecular formula is C23H29N. The maximum Gasteiger partial charge on any atom is 0.0509 e. The van der Waals surface area contributed by atoms with Crippen molar-refractivity contribution in [1.29, 1.82) is 0 Å². The number of hydrogen-bond donors (Lipinski definition) is 0. The molecule has 0 unspecified atom stereocenters. The number of nitrogens with zero attached hydrogens (tertiary/aromatic N) is 1. The molecule has 24 heavy (non-hydrogen) atoms. The minimum Gasteiger partial charge on any atom is -0.260 e. The summed E-state index contributed by atoms with van der Waals surface area (Å²) in [7, 11) is 0. The summed E-state index contributed by atoms with van der Waals surface area (Å²) in [6, 6.07) is 11.4. The van der Waals surface area contributed by atoms with Crippen molar-refractivity contribution in [2.24, 2.45) is 0 Å². The van der Waals surface area contributed by atoms with Gasteiger partial charge in [0, 0.05) is 11.6 Å². The molecule has 0 N–H and O–H groups in total. The Hall–Kier alpha value is -1.63. The summed E-state index contributed by atoms with van der Waals surface area (Å²) in [5.74, 6) is 0. The maximum absolute atomic E-state index is 4.71. The van der Waals surface area contributed by atoms with Crippen molar-refractivity contribution in [2.45, 2.75) is 76.5 Å². The summed E-state index contributed by atoms with van der Waals surface area (Å²) < 4.78 is 0. The van der Waals surface area contributed by atoms with Crippen LogP contribution in [0.25, 0.3) is 0 Å². The first-order chi connectivity index (χ1) is 11.3. The van der Waals surface area contributed by atoms with Gasteiger partial charge < -0.3 is 0 Å². The largest absolute Gasteiger partial charge is 0.260 e. The summed E-state index contributed by atoms with van der Waals surface area (Å²) in [6.07, 6.45) is 6.94. The van der Waals surface area contributed by atoms with Gasteiger partial charge in [0.2, 0.25) is 0 Å². The Morgan fingerprint density at radius 1 is 0.792 bits per heavy atom. The molecule has 0 bridgehead atoms. The van der Waals surface area contributed by atoms with E-state index in [9.17, 15) is 0 Å². The van der Waals surface area contributed by atoms with Gasteiger partial charge in [0.15, 0.2) is 0 Å². The van der Waals surface area contributed by atoms with E-state index in [-0.39, 0.29) is 16.2 Å². The highest BCUT2D eigenvalue weighted by Gasteiger charge is 2.49. The third-order valence-corrected chi connectivity index (χ3v) is 6.62. The Bertz CT molecular complexity index is 779. The summed E-state index contributed by atoms with van der Waals surface area (Å²) in [6.45, 7) is 12.0. The van der Waals surface area contributed by atoms with Crippen molar-refractivity contribution in [3.05, 3.63) is 64.5 Å². The molecule has 1 nitrogen and oxygen atoms in total. The predicted octanol–water partition coefficient (Wildman–Crippen LogP) is 5.82. The number of aryl methyl sites for hydroxylation is 1. The number of rotatable bonds is 2. The van der Waals surface area contributed by atoms with Gasteiger partial charge in [0.1, 0.15) is 0 Å². The molecule has 0 aliphatic heterocycles. The average molecular weight is 319 g/mol. The van der Waals surface area contributed by atoms with Gasteiger partial charge in [-0.25, -0.2) is 0 Å². The number of aromatic nitrogens is 1. The minimum atomic E-state index is 0.165. The molecule has 1 heteroatoms. The van der Waals surface area contributed by atoms with Crippen molar-refractivity contribution in [1.82, 2.24) is 4.98 Å². The van der Waals surface area contributed by atoms with Gasteiger partial charge in [-0.05, 0) is 77.8 Å². The molecule has 1 saturated carbocycles. The Morgan fingerprint density at radius 3 is 1.96 bits per heavy atom. The van der Waals surface area contributed by atoms with E-state index in [1.54, 1.807) is 11.1 Å². The monoisotopic (exact) mass is 319 g/mol. The highest BCUT2D eigenvalue weighted by atomic mass is 14.7. The van der Waals surface area contributed by atoms with Crippen LogP contribution in [0.4, 0.5) is 0 Å². The summed E-state index contributed by atoms with van der Waals surface area (Å²) in [4.78, 5) is 4.71. The highest BCUT2D eigenvalue weighted by Crippen LogP contribution is 2.56. The lowest BCUT2D eigenvalue weighted by Gasteiger charge is -2.43. The fourth-order valence-corrected chi connectivity index (χ4v) is 4.67. The zero-order chi connectivity index (χ0) is 17.2. The van der Waals surface area contributed by atoms with Crippen LogP contribution >= 0.6 is 0 Å². The van der Waals surface area contributed by atoms with Crippen LogP contribution in [-0.4, -0.2) is 4.98 Å². The number of fused-ring (bicyclic) bond motifs is 1. The fraction of sp³-hybridized carbons (Fsp3) is 0.522. The highest BCUT2D eigenvalue weighted by molar-refractivity contribution is 5.53. The van der Waals surface area contributed by atoms with Crippen LogP contribution in [0.2, 0.25) is 0 Å². The van der Waals surface area contributed by atoms with Gasteiger partial charge in [0.25, 0.3) is 0 Å². The Kier molecular flexibility index (Phi) is 3.27. The van der Waals surface area contributed by atoms with E-state index in [2.05, 4.69) is 58.9 Å². The first kappa shape index (κ1) is 15.9. The molecule has 2 aliphatic carbocycles. The Balaban J connectivity index is 1.91. The van der Waals surface area contributed by atoms with Crippen LogP contribution < -0.4 is 0 Å². The molecule has 0 spiro atoms. The average Bonchev–Trinajstić information content (AvgIpc) is 3.34. The SMILES string of the molecule is Cc1cc2c(cc1C1(c3ccccn3)CC1)C(C)(C)CCC2(C)C. The van der Waals surface area contributed by atoms with Crippen LogP contribution in [0.1, 0.15) is 81.3 Å². The maximum atomic E-state index is 4.71. The van der Waals surface area contributed by atoms with Gasteiger partial charge in [-0.3, -0.25) is 4.98 Å². The van der Waals surface area contributed by atoms with Gasteiger partial charge in [0.05, 0.1) is 5.69 Å². The van der Waals surface area contributed by atoms with Gasteiger partial charge in [-0.1, -0.05) is 45.9 Å². The molecule has 1 aromatic heterocycles. The van der Waals surface area contributed by atoms with Gasteiger partial charge in [-0.15, -0.1) is 0 Å². The molecule has 0 amide bonds. The fourth-order valence-electron chi connectivity index (χ4n) is 4.67. The van der Waals surface area contributed by atoms with Crippen LogP contribution in [0.15, 0.2) is 36.5 Å². The lowest BCUT2D eigenvalue weighted by Crippen LogP contribution is -2.34. The van der Waals surface area contributed by atoms with Crippen LogP contribution in [0.3, 0.4) is 0 Å². The quantitative estimate of drug-likeness (QED) is 0.679. The van der Waals surface area contributed by atoms with Crippen molar-refractivity contribution in [3.8, 4) is 0 Å². The molecule has 4 rings (SSSR count). The van der Waals surface area contributed by atoms with Crippen molar-refractivity contribution in [2.75, 3.05) is 0 Å². The van der Waals surface area contributed by atoms with E-state index in [0.717, 1.165) is 0 Å². The zero-order valence-electron chi connectivity index (χ0n) is 15.7. The van der Waals surface area contributed by atoms with E-state index < -0.39 is 0 Å². The zero-order valence-corrected chi connectivity index (χ0v) is 15.7. The molecule has 1 heterocycles. The minimum absolute atomic E-state index is 0.165. The molecule has 2 aliphatic rings.